The topological polar surface area (TPSA) is 30.5 Å². The number of hydrogen-bond donors (Lipinski definition) is 1. The summed E-state index contributed by atoms with van der Waals surface area (Å²) in [6.45, 7) is 2.81. The zero-order valence-corrected chi connectivity index (χ0v) is 15.8. The second-order valence-corrected chi connectivity index (χ2v) is 8.60. The molecule has 3 nitrogen and oxygen atoms in total. The van der Waals surface area contributed by atoms with Gasteiger partial charge >= 0.3 is 0 Å². The van der Waals surface area contributed by atoms with Crippen molar-refractivity contribution < 1.29 is 13.9 Å². The molecule has 1 fully saturated rings. The third-order valence-corrected chi connectivity index (χ3v) is 6.67. The maximum Gasteiger partial charge on any atom is 0.131 e. The first-order valence-corrected chi connectivity index (χ1v) is 9.72. The van der Waals surface area contributed by atoms with Crippen molar-refractivity contribution >= 4 is 22.9 Å². The van der Waals surface area contributed by atoms with Crippen LogP contribution in [0.15, 0.2) is 24.3 Å². The summed E-state index contributed by atoms with van der Waals surface area (Å²) in [5, 5.41) is 3.53. The molecule has 2 aliphatic heterocycles. The minimum atomic E-state index is -0.382. The summed E-state index contributed by atoms with van der Waals surface area (Å²) < 4.78 is 26.9. The van der Waals surface area contributed by atoms with Gasteiger partial charge in [-0.1, -0.05) is 17.7 Å². The van der Waals surface area contributed by atoms with Crippen molar-refractivity contribution in [1.82, 2.24) is 5.32 Å². The van der Waals surface area contributed by atoms with Crippen molar-refractivity contribution in [3.8, 4) is 5.75 Å². The molecule has 3 atom stereocenters. The molecule has 6 heteroatoms. The van der Waals surface area contributed by atoms with Crippen LogP contribution in [-0.2, 0) is 16.8 Å². The number of halogens is 2. The van der Waals surface area contributed by atoms with Gasteiger partial charge in [0.25, 0.3) is 0 Å². The number of hydrogen-bond acceptors (Lipinski definition) is 4. The maximum absolute atomic E-state index is 14.6. The maximum atomic E-state index is 14.6. The van der Waals surface area contributed by atoms with E-state index in [4.69, 9.17) is 21.1 Å². The summed E-state index contributed by atoms with van der Waals surface area (Å²) in [5.41, 5.74) is 1.56. The van der Waals surface area contributed by atoms with Gasteiger partial charge < -0.3 is 14.8 Å². The van der Waals surface area contributed by atoms with E-state index < -0.39 is 0 Å². The Labute approximate surface area is 156 Å². The van der Waals surface area contributed by atoms with Crippen LogP contribution in [0, 0.1) is 5.82 Å². The predicted molar refractivity (Wildman–Crippen MR) is 98.2 cm³/mol. The van der Waals surface area contributed by atoms with Crippen LogP contribution in [0.4, 0.5) is 4.39 Å². The largest absolute Gasteiger partial charge is 0.497 e. The fourth-order valence-corrected chi connectivity index (χ4v) is 5.64. The molecule has 2 aromatic rings. The van der Waals surface area contributed by atoms with Gasteiger partial charge in [0.05, 0.1) is 18.1 Å². The number of methoxy groups -OCH3 is 1. The van der Waals surface area contributed by atoms with E-state index in [1.54, 1.807) is 24.5 Å². The minimum Gasteiger partial charge on any atom is -0.497 e. The zero-order valence-electron chi connectivity index (χ0n) is 14.3. The van der Waals surface area contributed by atoms with Crippen LogP contribution in [-0.4, -0.2) is 19.8 Å². The summed E-state index contributed by atoms with van der Waals surface area (Å²) >= 11 is 7.88. The monoisotopic (exact) mass is 381 g/mol. The molecule has 134 valence electrons. The highest BCUT2D eigenvalue weighted by atomic mass is 35.5. The fraction of sp³-hybridized carbons (Fsp3) is 0.474. The molecule has 1 saturated heterocycles. The summed E-state index contributed by atoms with van der Waals surface area (Å²) in [6, 6.07) is 7.22. The molecule has 3 heterocycles. The highest BCUT2D eigenvalue weighted by molar-refractivity contribution is 7.16. The van der Waals surface area contributed by atoms with Crippen molar-refractivity contribution in [3.63, 3.8) is 0 Å². The average molecular weight is 382 g/mol. The number of ether oxygens (including phenoxy) is 2. The van der Waals surface area contributed by atoms with Gasteiger partial charge in [0.2, 0.25) is 0 Å². The first kappa shape index (κ1) is 17.3. The van der Waals surface area contributed by atoms with Crippen molar-refractivity contribution in [2.24, 2.45) is 0 Å². The highest BCUT2D eigenvalue weighted by Crippen LogP contribution is 2.50. The third-order valence-electron chi connectivity index (χ3n) is 5.18. The Morgan fingerprint density at radius 3 is 2.96 bits per heavy atom. The third kappa shape index (κ3) is 3.08. The molecule has 2 aliphatic rings. The number of fused-ring (bicyclic) bond motifs is 2. The predicted octanol–water partition coefficient (Wildman–Crippen LogP) is 4.83. The van der Waals surface area contributed by atoms with Crippen molar-refractivity contribution in [2.45, 2.75) is 43.9 Å². The van der Waals surface area contributed by atoms with Gasteiger partial charge in [-0.25, -0.2) is 4.39 Å². The summed E-state index contributed by atoms with van der Waals surface area (Å²) in [4.78, 5) is 1.22. The molecule has 0 saturated carbocycles. The van der Waals surface area contributed by atoms with E-state index in [1.165, 1.54) is 16.5 Å². The van der Waals surface area contributed by atoms with Crippen LogP contribution in [0.1, 0.15) is 41.8 Å². The molecule has 0 bridgehead atoms. The normalized spacial score (nSPS) is 28.8. The summed E-state index contributed by atoms with van der Waals surface area (Å²) in [5.74, 6) is 0.280. The molecule has 1 aromatic heterocycles. The minimum absolute atomic E-state index is 0.110. The van der Waals surface area contributed by atoms with E-state index in [-0.39, 0.29) is 23.5 Å². The van der Waals surface area contributed by atoms with Crippen LogP contribution in [0.2, 0.25) is 4.34 Å². The lowest BCUT2D eigenvalue weighted by atomic mass is 9.78. The smallest absolute Gasteiger partial charge is 0.131 e. The number of rotatable bonds is 2. The second-order valence-electron chi connectivity index (χ2n) is 6.91. The van der Waals surface area contributed by atoms with Crippen LogP contribution in [0.5, 0.6) is 5.75 Å². The van der Waals surface area contributed by atoms with Gasteiger partial charge in [-0.15, -0.1) is 11.3 Å². The van der Waals surface area contributed by atoms with E-state index >= 15 is 0 Å². The van der Waals surface area contributed by atoms with Gasteiger partial charge in [0, 0.05) is 35.0 Å². The molecule has 1 aromatic carbocycles. The van der Waals surface area contributed by atoms with Gasteiger partial charge in [-0.05, 0) is 37.5 Å². The van der Waals surface area contributed by atoms with E-state index in [2.05, 4.69) is 18.3 Å². The van der Waals surface area contributed by atoms with E-state index in [9.17, 15) is 4.39 Å². The van der Waals surface area contributed by atoms with Gasteiger partial charge in [-0.3, -0.25) is 0 Å². The van der Waals surface area contributed by atoms with Crippen LogP contribution >= 0.6 is 22.9 Å². The van der Waals surface area contributed by atoms with Gasteiger partial charge in [-0.2, -0.15) is 0 Å². The van der Waals surface area contributed by atoms with Crippen molar-refractivity contribution in [1.29, 1.82) is 0 Å². The van der Waals surface area contributed by atoms with E-state index in [1.807, 2.05) is 6.07 Å². The molecule has 0 aliphatic carbocycles. The highest BCUT2D eigenvalue weighted by Gasteiger charge is 2.46. The quantitative estimate of drug-likeness (QED) is 0.808. The number of thiophene rings is 1. The van der Waals surface area contributed by atoms with Crippen LogP contribution in [0.3, 0.4) is 0 Å². The van der Waals surface area contributed by atoms with Crippen molar-refractivity contribution in [3.05, 3.63) is 50.4 Å². The Bertz CT molecular complexity index is 796. The molecule has 0 radical (unpaired) electrons. The first-order chi connectivity index (χ1) is 12.0. The SMILES string of the molecule is COc1ccc(C2CC3(CC(C)N2)OCCc2cc(Cl)sc23)c(F)c1. The van der Waals surface area contributed by atoms with Gasteiger partial charge in [0.15, 0.2) is 0 Å². The fourth-order valence-electron chi connectivity index (χ4n) is 4.18. The standard InChI is InChI=1S/C19H21ClFNO2S/c1-11-9-19(18-12(5-6-24-19)7-17(20)25-18)10-16(22-11)14-4-3-13(23-2)8-15(14)21/h3-4,7-8,11,16,22H,5-6,9-10H2,1-2H3. The molecular weight excluding hydrogens is 361 g/mol. The Morgan fingerprint density at radius 1 is 1.36 bits per heavy atom. The molecule has 3 unspecified atom stereocenters. The molecule has 0 amide bonds. The van der Waals surface area contributed by atoms with Gasteiger partial charge in [0.1, 0.15) is 17.2 Å². The van der Waals surface area contributed by atoms with E-state index in [0.717, 1.165) is 17.2 Å². The molecular formula is C19H21ClFNO2S. The van der Waals surface area contributed by atoms with Crippen LogP contribution < -0.4 is 10.1 Å². The summed E-state index contributed by atoms with van der Waals surface area (Å²) in [6.07, 6.45) is 2.46. The second kappa shape index (κ2) is 6.54. The lowest BCUT2D eigenvalue weighted by Gasteiger charge is -2.46. The Kier molecular flexibility index (Phi) is 4.52. The lowest BCUT2D eigenvalue weighted by Crippen LogP contribution is -2.49. The van der Waals surface area contributed by atoms with Crippen molar-refractivity contribution in [2.75, 3.05) is 13.7 Å². The number of piperidine rings is 1. The molecule has 1 spiro atoms. The average Bonchev–Trinajstić information content (AvgIpc) is 2.96. The zero-order chi connectivity index (χ0) is 17.6. The van der Waals surface area contributed by atoms with E-state index in [0.29, 0.717) is 24.3 Å². The first-order valence-electron chi connectivity index (χ1n) is 8.53. The molecule has 4 rings (SSSR count). The lowest BCUT2D eigenvalue weighted by molar-refractivity contribution is -0.0956. The molecule has 1 N–H and O–H groups in total. The number of benzene rings is 1. The molecule has 25 heavy (non-hydrogen) atoms. The Hall–Kier alpha value is -1.14. The Morgan fingerprint density at radius 2 is 2.20 bits per heavy atom. The number of nitrogens with one attached hydrogen (secondary N) is 1. The van der Waals surface area contributed by atoms with Crippen LogP contribution in [0.25, 0.3) is 0 Å². The summed E-state index contributed by atoms with van der Waals surface area (Å²) in [7, 11) is 1.54. The Balaban J connectivity index is 1.71.